The molecule has 0 aromatic heterocycles. The van der Waals surface area contributed by atoms with Gasteiger partial charge in [-0.1, -0.05) is 32.0 Å². The van der Waals surface area contributed by atoms with Crippen LogP contribution >= 0.6 is 11.8 Å². The zero-order valence-corrected chi connectivity index (χ0v) is 13.8. The summed E-state index contributed by atoms with van der Waals surface area (Å²) in [5, 5.41) is 3.00. The molecule has 0 saturated heterocycles. The smallest absolute Gasteiger partial charge is 0.255 e. The summed E-state index contributed by atoms with van der Waals surface area (Å²) in [6.45, 7) is 6.25. The van der Waals surface area contributed by atoms with Crippen molar-refractivity contribution in [3.8, 4) is 0 Å². The Balaban J connectivity index is 2.24. The van der Waals surface area contributed by atoms with Crippen molar-refractivity contribution in [3.05, 3.63) is 59.2 Å². The molecule has 1 amide bonds. The number of rotatable bonds is 4. The third-order valence-corrected chi connectivity index (χ3v) is 4.23. The Labute approximate surface area is 131 Å². The Morgan fingerprint density at radius 2 is 1.90 bits per heavy atom. The molecule has 0 aliphatic heterocycles. The molecule has 0 radical (unpaired) electrons. The van der Waals surface area contributed by atoms with Gasteiger partial charge in [0.05, 0.1) is 0 Å². The third-order valence-electron chi connectivity index (χ3n) is 3.50. The first kappa shape index (κ1) is 15.6. The fraction of sp³-hybridized carbons (Fsp3) is 0.278. The normalized spacial score (nSPS) is 10.7. The standard InChI is InChI=1S/C18H21NOS/c1-12(2)14-6-5-7-15(10-14)19-18(20)17-11-16(21-4)9-8-13(17)3/h5-12H,1-4H3,(H,19,20). The van der Waals surface area contributed by atoms with E-state index in [-0.39, 0.29) is 5.91 Å². The van der Waals surface area contributed by atoms with Gasteiger partial charge >= 0.3 is 0 Å². The van der Waals surface area contributed by atoms with Crippen molar-refractivity contribution in [2.75, 3.05) is 11.6 Å². The van der Waals surface area contributed by atoms with Crippen molar-refractivity contribution in [2.24, 2.45) is 0 Å². The van der Waals surface area contributed by atoms with E-state index >= 15 is 0 Å². The number of carbonyl (C=O) groups excluding carboxylic acids is 1. The molecule has 0 unspecified atom stereocenters. The van der Waals surface area contributed by atoms with E-state index in [1.165, 1.54) is 5.56 Å². The zero-order valence-electron chi connectivity index (χ0n) is 12.9. The van der Waals surface area contributed by atoms with Crippen molar-refractivity contribution in [2.45, 2.75) is 31.6 Å². The summed E-state index contributed by atoms with van der Waals surface area (Å²) >= 11 is 1.64. The lowest BCUT2D eigenvalue weighted by atomic mass is 10.0. The van der Waals surface area contributed by atoms with E-state index in [0.29, 0.717) is 5.92 Å². The summed E-state index contributed by atoms with van der Waals surface area (Å²) in [4.78, 5) is 13.6. The van der Waals surface area contributed by atoms with Gasteiger partial charge < -0.3 is 5.32 Å². The Morgan fingerprint density at radius 3 is 2.57 bits per heavy atom. The molecule has 2 nitrogen and oxygen atoms in total. The Kier molecular flexibility index (Phi) is 5.07. The van der Waals surface area contributed by atoms with Crippen LogP contribution in [0, 0.1) is 6.92 Å². The molecule has 0 aliphatic carbocycles. The van der Waals surface area contributed by atoms with Gasteiger partial charge in [-0.05, 0) is 54.5 Å². The Hall–Kier alpha value is -1.74. The highest BCUT2D eigenvalue weighted by atomic mass is 32.2. The summed E-state index contributed by atoms with van der Waals surface area (Å²) in [5.74, 6) is 0.396. The van der Waals surface area contributed by atoms with E-state index in [9.17, 15) is 4.79 Å². The third kappa shape index (κ3) is 3.88. The first-order chi connectivity index (χ1) is 10.0. The van der Waals surface area contributed by atoms with Gasteiger partial charge in [0.15, 0.2) is 0 Å². The van der Waals surface area contributed by atoms with Gasteiger partial charge in [0.2, 0.25) is 0 Å². The molecule has 0 heterocycles. The number of anilines is 1. The lowest BCUT2D eigenvalue weighted by molar-refractivity contribution is 0.102. The summed E-state index contributed by atoms with van der Waals surface area (Å²) in [6, 6.07) is 14.0. The van der Waals surface area contributed by atoms with Crippen LogP contribution in [0.1, 0.15) is 41.3 Å². The maximum atomic E-state index is 12.5. The van der Waals surface area contributed by atoms with Crippen molar-refractivity contribution in [1.82, 2.24) is 0 Å². The minimum absolute atomic E-state index is 0.0516. The maximum absolute atomic E-state index is 12.5. The van der Waals surface area contributed by atoms with E-state index in [0.717, 1.165) is 21.7 Å². The van der Waals surface area contributed by atoms with Gasteiger partial charge in [-0.25, -0.2) is 0 Å². The largest absolute Gasteiger partial charge is 0.322 e. The highest BCUT2D eigenvalue weighted by Crippen LogP contribution is 2.22. The lowest BCUT2D eigenvalue weighted by Crippen LogP contribution is -2.13. The zero-order chi connectivity index (χ0) is 15.4. The van der Waals surface area contributed by atoms with Gasteiger partial charge in [-0.15, -0.1) is 11.8 Å². The van der Waals surface area contributed by atoms with Crippen molar-refractivity contribution < 1.29 is 4.79 Å². The summed E-state index contributed by atoms with van der Waals surface area (Å²) in [6.07, 6.45) is 2.01. The van der Waals surface area contributed by atoms with Gasteiger partial charge in [0.25, 0.3) is 5.91 Å². The fourth-order valence-electron chi connectivity index (χ4n) is 2.15. The first-order valence-corrected chi connectivity index (χ1v) is 8.29. The van der Waals surface area contributed by atoms with E-state index in [1.807, 2.05) is 49.6 Å². The Bertz CT molecular complexity index is 649. The van der Waals surface area contributed by atoms with Crippen LogP contribution in [0.15, 0.2) is 47.4 Å². The molecule has 0 bridgehead atoms. The molecular weight excluding hydrogens is 278 g/mol. The number of amides is 1. The van der Waals surface area contributed by atoms with Crippen LogP contribution in [0.4, 0.5) is 5.69 Å². The lowest BCUT2D eigenvalue weighted by Gasteiger charge is -2.11. The molecule has 0 aliphatic rings. The van der Waals surface area contributed by atoms with Crippen LogP contribution in [0.3, 0.4) is 0 Å². The van der Waals surface area contributed by atoms with Gasteiger partial charge in [-0.2, -0.15) is 0 Å². The SMILES string of the molecule is CSc1ccc(C)c(C(=O)Nc2cccc(C(C)C)c2)c1. The Morgan fingerprint density at radius 1 is 1.14 bits per heavy atom. The molecule has 0 spiro atoms. The number of aryl methyl sites for hydroxylation is 1. The number of thioether (sulfide) groups is 1. The number of carbonyl (C=O) groups is 1. The topological polar surface area (TPSA) is 29.1 Å². The number of hydrogen-bond donors (Lipinski definition) is 1. The second kappa shape index (κ2) is 6.81. The van der Waals surface area contributed by atoms with E-state index < -0.39 is 0 Å². The summed E-state index contributed by atoms with van der Waals surface area (Å²) in [5.41, 5.74) is 3.80. The van der Waals surface area contributed by atoms with E-state index in [1.54, 1.807) is 11.8 Å². The average molecular weight is 299 g/mol. The summed E-state index contributed by atoms with van der Waals surface area (Å²) < 4.78 is 0. The summed E-state index contributed by atoms with van der Waals surface area (Å²) in [7, 11) is 0. The molecule has 3 heteroatoms. The average Bonchev–Trinajstić information content (AvgIpc) is 2.48. The molecule has 2 rings (SSSR count). The molecule has 1 N–H and O–H groups in total. The van der Waals surface area contributed by atoms with Crippen molar-refractivity contribution in [1.29, 1.82) is 0 Å². The van der Waals surface area contributed by atoms with Crippen LogP contribution in [-0.4, -0.2) is 12.2 Å². The number of benzene rings is 2. The quantitative estimate of drug-likeness (QED) is 0.796. The monoisotopic (exact) mass is 299 g/mol. The van der Waals surface area contributed by atoms with Crippen LogP contribution in [0.2, 0.25) is 0 Å². The van der Waals surface area contributed by atoms with Gasteiger partial charge in [-0.3, -0.25) is 4.79 Å². The van der Waals surface area contributed by atoms with Gasteiger partial charge in [0, 0.05) is 16.1 Å². The molecular formula is C18H21NOS. The molecule has 21 heavy (non-hydrogen) atoms. The second-order valence-electron chi connectivity index (χ2n) is 5.42. The maximum Gasteiger partial charge on any atom is 0.255 e. The van der Waals surface area contributed by atoms with Crippen molar-refractivity contribution >= 4 is 23.4 Å². The number of nitrogens with one attached hydrogen (secondary N) is 1. The van der Waals surface area contributed by atoms with Crippen LogP contribution in [0.25, 0.3) is 0 Å². The van der Waals surface area contributed by atoms with E-state index in [2.05, 4.69) is 25.2 Å². The molecule has 2 aromatic rings. The van der Waals surface area contributed by atoms with Crippen molar-refractivity contribution in [3.63, 3.8) is 0 Å². The molecule has 0 fully saturated rings. The minimum atomic E-state index is -0.0516. The van der Waals surface area contributed by atoms with Gasteiger partial charge in [0.1, 0.15) is 0 Å². The fourth-order valence-corrected chi connectivity index (χ4v) is 2.59. The molecule has 0 atom stereocenters. The van der Waals surface area contributed by atoms with E-state index in [4.69, 9.17) is 0 Å². The highest BCUT2D eigenvalue weighted by molar-refractivity contribution is 7.98. The first-order valence-electron chi connectivity index (χ1n) is 7.07. The predicted octanol–water partition coefficient (Wildman–Crippen LogP) is 5.09. The van der Waals surface area contributed by atoms with Crippen LogP contribution in [-0.2, 0) is 0 Å². The number of hydrogen-bond acceptors (Lipinski definition) is 2. The molecule has 2 aromatic carbocycles. The highest BCUT2D eigenvalue weighted by Gasteiger charge is 2.11. The minimum Gasteiger partial charge on any atom is -0.322 e. The van der Waals surface area contributed by atoms with Crippen LogP contribution in [0.5, 0.6) is 0 Å². The molecule has 110 valence electrons. The predicted molar refractivity (Wildman–Crippen MR) is 91.4 cm³/mol. The molecule has 0 saturated carbocycles. The van der Waals surface area contributed by atoms with Crippen LogP contribution < -0.4 is 5.32 Å². The second-order valence-corrected chi connectivity index (χ2v) is 6.29.